The molecule has 0 aliphatic carbocycles. The topological polar surface area (TPSA) is 6.48 Å². The fourth-order valence-corrected chi connectivity index (χ4v) is 2.34. The van der Waals surface area contributed by atoms with E-state index in [1.165, 1.54) is 39.1 Å². The summed E-state index contributed by atoms with van der Waals surface area (Å²) in [4.78, 5) is 5.17. The van der Waals surface area contributed by atoms with Crippen LogP contribution in [0.5, 0.6) is 0 Å². The zero-order valence-electron chi connectivity index (χ0n) is 9.67. The van der Waals surface area contributed by atoms with Gasteiger partial charge in [0.25, 0.3) is 0 Å². The number of rotatable bonds is 4. The standard InChI is InChI=1S/C11H23IN2/c1-10(2)4-5-13-6-8-14(9-7-13)11(3)12/h10-11H,4-9H2,1-3H3. The van der Waals surface area contributed by atoms with E-state index in [0.29, 0.717) is 4.05 Å². The number of alkyl halides is 1. The number of hydrogen-bond acceptors (Lipinski definition) is 2. The van der Waals surface area contributed by atoms with Crippen molar-refractivity contribution in [2.75, 3.05) is 32.7 Å². The lowest BCUT2D eigenvalue weighted by Gasteiger charge is -2.36. The van der Waals surface area contributed by atoms with Gasteiger partial charge in [-0.3, -0.25) is 4.90 Å². The molecule has 1 heterocycles. The molecule has 84 valence electrons. The van der Waals surface area contributed by atoms with Crippen molar-refractivity contribution in [2.45, 2.75) is 31.2 Å². The van der Waals surface area contributed by atoms with E-state index in [1.54, 1.807) is 0 Å². The monoisotopic (exact) mass is 310 g/mol. The molecule has 0 N–H and O–H groups in total. The normalized spacial score (nSPS) is 22.9. The van der Waals surface area contributed by atoms with E-state index in [9.17, 15) is 0 Å². The first-order chi connectivity index (χ1) is 6.59. The van der Waals surface area contributed by atoms with Gasteiger partial charge in [-0.25, -0.2) is 0 Å². The van der Waals surface area contributed by atoms with Crippen LogP contribution in [0.3, 0.4) is 0 Å². The van der Waals surface area contributed by atoms with Gasteiger partial charge in [-0.1, -0.05) is 36.4 Å². The molecule has 0 saturated carbocycles. The highest BCUT2D eigenvalue weighted by Gasteiger charge is 2.18. The predicted octanol–water partition coefficient (Wildman–Crippen LogP) is 2.43. The molecule has 1 aliphatic heterocycles. The van der Waals surface area contributed by atoms with Crippen molar-refractivity contribution in [3.05, 3.63) is 0 Å². The van der Waals surface area contributed by atoms with Gasteiger partial charge in [0.1, 0.15) is 0 Å². The number of piperazine rings is 1. The van der Waals surface area contributed by atoms with Gasteiger partial charge in [0.2, 0.25) is 0 Å². The van der Waals surface area contributed by atoms with Crippen LogP contribution >= 0.6 is 22.6 Å². The van der Waals surface area contributed by atoms with Crippen LogP contribution in [0.2, 0.25) is 0 Å². The minimum atomic E-state index is 0.694. The van der Waals surface area contributed by atoms with Crippen LogP contribution in [-0.4, -0.2) is 46.6 Å². The lowest BCUT2D eigenvalue weighted by Crippen LogP contribution is -2.48. The van der Waals surface area contributed by atoms with Crippen LogP contribution in [0.4, 0.5) is 0 Å². The lowest BCUT2D eigenvalue weighted by molar-refractivity contribution is 0.128. The average molecular weight is 310 g/mol. The lowest BCUT2D eigenvalue weighted by atomic mass is 10.1. The molecule has 0 aromatic rings. The average Bonchev–Trinajstić information content (AvgIpc) is 2.15. The molecule has 1 unspecified atom stereocenters. The van der Waals surface area contributed by atoms with E-state index < -0.39 is 0 Å². The predicted molar refractivity (Wildman–Crippen MR) is 71.0 cm³/mol. The Labute approximate surface area is 102 Å². The highest BCUT2D eigenvalue weighted by atomic mass is 127. The molecule has 0 radical (unpaired) electrons. The molecule has 14 heavy (non-hydrogen) atoms. The molecule has 3 heteroatoms. The van der Waals surface area contributed by atoms with Gasteiger partial charge in [0, 0.05) is 26.2 Å². The third-order valence-corrected chi connectivity index (χ3v) is 3.72. The first-order valence-electron chi connectivity index (χ1n) is 5.70. The Morgan fingerprint density at radius 3 is 2.07 bits per heavy atom. The van der Waals surface area contributed by atoms with Crippen molar-refractivity contribution in [3.63, 3.8) is 0 Å². The van der Waals surface area contributed by atoms with Crippen LogP contribution in [0.15, 0.2) is 0 Å². The highest BCUT2D eigenvalue weighted by Crippen LogP contribution is 2.12. The van der Waals surface area contributed by atoms with Gasteiger partial charge in [-0.05, 0) is 25.8 Å². The quantitative estimate of drug-likeness (QED) is 0.447. The van der Waals surface area contributed by atoms with Gasteiger partial charge in [-0.15, -0.1) is 0 Å². The SMILES string of the molecule is CC(C)CCN1CCN(C(C)I)CC1. The maximum atomic E-state index is 2.61. The highest BCUT2D eigenvalue weighted by molar-refractivity contribution is 14.1. The van der Waals surface area contributed by atoms with E-state index >= 15 is 0 Å². The summed E-state index contributed by atoms with van der Waals surface area (Å²) < 4.78 is 0.694. The smallest absolute Gasteiger partial charge is 0.0590 e. The Balaban J connectivity index is 2.16. The van der Waals surface area contributed by atoms with E-state index in [-0.39, 0.29) is 0 Å². The van der Waals surface area contributed by atoms with Gasteiger partial charge >= 0.3 is 0 Å². The van der Waals surface area contributed by atoms with Crippen molar-refractivity contribution >= 4 is 22.6 Å². The van der Waals surface area contributed by atoms with Crippen LogP contribution in [0.25, 0.3) is 0 Å². The molecule has 1 atom stereocenters. The molecular formula is C11H23IN2. The molecule has 2 nitrogen and oxygen atoms in total. The van der Waals surface area contributed by atoms with E-state index in [2.05, 4.69) is 53.2 Å². The zero-order chi connectivity index (χ0) is 10.6. The minimum absolute atomic E-state index is 0.694. The van der Waals surface area contributed by atoms with Crippen molar-refractivity contribution in [3.8, 4) is 0 Å². The molecule has 0 bridgehead atoms. The Hall–Kier alpha value is 0.650. The first-order valence-corrected chi connectivity index (χ1v) is 6.94. The molecule has 0 aromatic heterocycles. The van der Waals surface area contributed by atoms with E-state index in [4.69, 9.17) is 0 Å². The Kier molecular flexibility index (Phi) is 5.71. The molecule has 1 fully saturated rings. The summed E-state index contributed by atoms with van der Waals surface area (Å²) >= 11 is 2.51. The fourth-order valence-electron chi connectivity index (χ4n) is 1.78. The van der Waals surface area contributed by atoms with Crippen molar-refractivity contribution in [1.82, 2.24) is 9.80 Å². The number of nitrogens with zero attached hydrogens (tertiary/aromatic N) is 2. The second-order valence-corrected chi connectivity index (χ2v) is 6.44. The van der Waals surface area contributed by atoms with E-state index in [1.807, 2.05) is 0 Å². The fraction of sp³-hybridized carbons (Fsp3) is 1.00. The van der Waals surface area contributed by atoms with Gasteiger partial charge in [0.05, 0.1) is 4.05 Å². The second kappa shape index (κ2) is 6.28. The third-order valence-electron chi connectivity index (χ3n) is 2.93. The maximum absolute atomic E-state index is 2.61. The van der Waals surface area contributed by atoms with Gasteiger partial charge < -0.3 is 4.90 Å². The molecule has 0 aromatic carbocycles. The Bertz CT molecular complexity index is 151. The molecule has 0 amide bonds. The van der Waals surface area contributed by atoms with Crippen molar-refractivity contribution in [2.24, 2.45) is 5.92 Å². The zero-order valence-corrected chi connectivity index (χ0v) is 11.8. The van der Waals surface area contributed by atoms with Crippen LogP contribution in [-0.2, 0) is 0 Å². The number of halogens is 1. The Morgan fingerprint density at radius 2 is 1.64 bits per heavy atom. The summed E-state index contributed by atoms with van der Waals surface area (Å²) in [5.74, 6) is 0.844. The van der Waals surface area contributed by atoms with E-state index in [0.717, 1.165) is 5.92 Å². The summed E-state index contributed by atoms with van der Waals surface area (Å²) in [7, 11) is 0. The summed E-state index contributed by atoms with van der Waals surface area (Å²) in [6.07, 6.45) is 1.35. The molecule has 1 rings (SSSR count). The third kappa shape index (κ3) is 4.45. The summed E-state index contributed by atoms with van der Waals surface area (Å²) in [5, 5.41) is 0. The summed E-state index contributed by atoms with van der Waals surface area (Å²) in [6, 6.07) is 0. The number of hydrogen-bond donors (Lipinski definition) is 0. The largest absolute Gasteiger partial charge is 0.301 e. The molecular weight excluding hydrogens is 287 g/mol. The summed E-state index contributed by atoms with van der Waals surface area (Å²) in [5.41, 5.74) is 0. The van der Waals surface area contributed by atoms with Crippen LogP contribution in [0.1, 0.15) is 27.2 Å². The van der Waals surface area contributed by atoms with Crippen LogP contribution in [0, 0.1) is 5.92 Å². The van der Waals surface area contributed by atoms with Crippen molar-refractivity contribution in [1.29, 1.82) is 0 Å². The maximum Gasteiger partial charge on any atom is 0.0590 e. The van der Waals surface area contributed by atoms with Crippen LogP contribution < -0.4 is 0 Å². The van der Waals surface area contributed by atoms with Gasteiger partial charge in [-0.2, -0.15) is 0 Å². The minimum Gasteiger partial charge on any atom is -0.301 e. The molecule has 0 spiro atoms. The molecule has 1 aliphatic rings. The van der Waals surface area contributed by atoms with Crippen molar-refractivity contribution < 1.29 is 0 Å². The Morgan fingerprint density at radius 1 is 1.07 bits per heavy atom. The first kappa shape index (κ1) is 12.7. The summed E-state index contributed by atoms with van der Waals surface area (Å²) in [6.45, 7) is 13.2. The molecule has 1 saturated heterocycles. The second-order valence-electron chi connectivity index (χ2n) is 4.63. The van der Waals surface area contributed by atoms with Gasteiger partial charge in [0.15, 0.2) is 0 Å².